The molecule has 0 saturated heterocycles. The number of aliphatic carboxylic acids is 1. The van der Waals surface area contributed by atoms with Crippen molar-refractivity contribution in [2.75, 3.05) is 0 Å². The zero-order chi connectivity index (χ0) is 12.0. The molecule has 1 aliphatic rings. The van der Waals surface area contributed by atoms with E-state index in [0.717, 1.165) is 16.5 Å². The third-order valence-electron chi connectivity index (χ3n) is 2.83. The number of rotatable bonds is 1. The fourth-order valence-corrected chi connectivity index (χ4v) is 2.08. The predicted octanol–water partition coefficient (Wildman–Crippen LogP) is 0.892. The fraction of sp³-hybridized carbons (Fsp3) is 0.182. The number of carboxylic acid groups (broad SMARTS) is 1. The molecule has 0 saturated carbocycles. The van der Waals surface area contributed by atoms with Crippen LogP contribution in [0, 0.1) is 0 Å². The van der Waals surface area contributed by atoms with Crippen molar-refractivity contribution in [2.45, 2.75) is 6.61 Å². The third kappa shape index (κ3) is 1.30. The molecule has 3 rings (SSSR count). The Morgan fingerprint density at radius 3 is 3.12 bits per heavy atom. The first-order valence-electron chi connectivity index (χ1n) is 5.05. The van der Waals surface area contributed by atoms with E-state index in [1.54, 1.807) is 16.9 Å². The van der Waals surface area contributed by atoms with Crippen molar-refractivity contribution in [2.24, 2.45) is 12.2 Å². The molecule has 0 fully saturated rings. The Morgan fingerprint density at radius 2 is 2.35 bits per heavy atom. The molecule has 0 amide bonds. The van der Waals surface area contributed by atoms with Gasteiger partial charge in [0.25, 0.3) is 0 Å². The van der Waals surface area contributed by atoms with Crippen LogP contribution in [0.1, 0.15) is 11.1 Å². The molecule has 0 aliphatic carbocycles. The lowest BCUT2D eigenvalue weighted by atomic mass is 10.00. The third-order valence-corrected chi connectivity index (χ3v) is 2.83. The molecule has 1 N–H and O–H groups in total. The highest BCUT2D eigenvalue weighted by Gasteiger charge is 2.24. The molecule has 86 valence electrons. The Bertz CT molecular complexity index is 657. The summed E-state index contributed by atoms with van der Waals surface area (Å²) in [7, 11) is 1.81. The van der Waals surface area contributed by atoms with Crippen LogP contribution in [-0.4, -0.2) is 26.6 Å². The number of carboxylic acids is 1. The van der Waals surface area contributed by atoms with Gasteiger partial charge in [-0.1, -0.05) is 17.3 Å². The van der Waals surface area contributed by atoms with E-state index in [4.69, 9.17) is 9.94 Å². The molecule has 1 aromatic heterocycles. The van der Waals surface area contributed by atoms with Crippen LogP contribution in [-0.2, 0) is 23.3 Å². The van der Waals surface area contributed by atoms with Crippen molar-refractivity contribution >= 4 is 22.6 Å². The van der Waals surface area contributed by atoms with Crippen molar-refractivity contribution in [3.05, 3.63) is 29.5 Å². The second kappa shape index (κ2) is 3.31. The molecular weight excluding hydrogens is 222 g/mol. The van der Waals surface area contributed by atoms with Crippen molar-refractivity contribution < 1.29 is 14.7 Å². The Balaban J connectivity index is 2.35. The van der Waals surface area contributed by atoms with E-state index in [1.165, 1.54) is 0 Å². The molecule has 2 aromatic rings. The van der Waals surface area contributed by atoms with Crippen LogP contribution in [0.15, 0.2) is 23.5 Å². The first kappa shape index (κ1) is 9.83. The highest BCUT2D eigenvalue weighted by molar-refractivity contribution is 6.43. The molecule has 6 nitrogen and oxygen atoms in total. The van der Waals surface area contributed by atoms with Gasteiger partial charge in [-0.2, -0.15) is 5.10 Å². The summed E-state index contributed by atoms with van der Waals surface area (Å²) in [5.74, 6) is -1.09. The SMILES string of the molecule is Cn1ncc2ccc3c(c21)CON=C3C(=O)O. The summed E-state index contributed by atoms with van der Waals surface area (Å²) >= 11 is 0. The van der Waals surface area contributed by atoms with Crippen LogP contribution >= 0.6 is 0 Å². The number of benzene rings is 1. The second-order valence-electron chi connectivity index (χ2n) is 3.82. The number of oxime groups is 1. The maximum Gasteiger partial charge on any atom is 0.358 e. The van der Waals surface area contributed by atoms with Gasteiger partial charge in [0.2, 0.25) is 0 Å². The van der Waals surface area contributed by atoms with Crippen molar-refractivity contribution in [3.63, 3.8) is 0 Å². The molecule has 1 aromatic carbocycles. The van der Waals surface area contributed by atoms with Crippen LogP contribution in [0.25, 0.3) is 10.9 Å². The molecule has 17 heavy (non-hydrogen) atoms. The van der Waals surface area contributed by atoms with Crippen LogP contribution in [0.2, 0.25) is 0 Å². The lowest BCUT2D eigenvalue weighted by Gasteiger charge is -2.15. The van der Waals surface area contributed by atoms with E-state index >= 15 is 0 Å². The summed E-state index contributed by atoms with van der Waals surface area (Å²) in [6.07, 6.45) is 1.74. The molecule has 2 heterocycles. The summed E-state index contributed by atoms with van der Waals surface area (Å²) in [5, 5.41) is 17.7. The van der Waals surface area contributed by atoms with E-state index in [2.05, 4.69) is 10.3 Å². The first-order chi connectivity index (χ1) is 8.18. The predicted molar refractivity (Wildman–Crippen MR) is 59.7 cm³/mol. The number of aromatic nitrogens is 2. The van der Waals surface area contributed by atoms with Crippen LogP contribution in [0.3, 0.4) is 0 Å². The van der Waals surface area contributed by atoms with Gasteiger partial charge in [0.1, 0.15) is 6.61 Å². The van der Waals surface area contributed by atoms with E-state index in [0.29, 0.717) is 5.56 Å². The Kier molecular flexibility index (Phi) is 1.91. The quantitative estimate of drug-likeness (QED) is 0.790. The van der Waals surface area contributed by atoms with Crippen molar-refractivity contribution in [1.82, 2.24) is 9.78 Å². The molecular formula is C11H9N3O3. The van der Waals surface area contributed by atoms with Gasteiger partial charge in [-0.25, -0.2) is 4.79 Å². The molecule has 0 radical (unpaired) electrons. The number of carbonyl (C=O) groups is 1. The molecule has 6 heteroatoms. The maximum atomic E-state index is 11.0. The standard InChI is InChI=1S/C11H9N3O3/c1-14-10-6(4-12-14)2-3-7-8(10)5-17-13-9(7)11(15)16/h2-4H,5H2,1H3,(H,15,16). The van der Waals surface area contributed by atoms with Gasteiger partial charge in [-0.05, 0) is 0 Å². The average Bonchev–Trinajstić information content (AvgIpc) is 2.70. The Morgan fingerprint density at radius 1 is 1.53 bits per heavy atom. The minimum Gasteiger partial charge on any atom is -0.476 e. The van der Waals surface area contributed by atoms with E-state index in [9.17, 15) is 4.79 Å². The van der Waals surface area contributed by atoms with Gasteiger partial charge >= 0.3 is 5.97 Å². The summed E-state index contributed by atoms with van der Waals surface area (Å²) in [6.45, 7) is 0.267. The molecule has 0 bridgehead atoms. The van der Waals surface area contributed by atoms with Crippen molar-refractivity contribution in [3.8, 4) is 0 Å². The monoisotopic (exact) mass is 231 g/mol. The fourth-order valence-electron chi connectivity index (χ4n) is 2.08. The van der Waals surface area contributed by atoms with Gasteiger partial charge in [0.15, 0.2) is 5.71 Å². The van der Waals surface area contributed by atoms with Crippen LogP contribution in [0.5, 0.6) is 0 Å². The maximum absolute atomic E-state index is 11.0. The minimum atomic E-state index is -1.09. The average molecular weight is 231 g/mol. The summed E-state index contributed by atoms with van der Waals surface area (Å²) in [6, 6.07) is 3.58. The number of nitrogens with zero attached hydrogens (tertiary/aromatic N) is 3. The van der Waals surface area contributed by atoms with Gasteiger partial charge in [0, 0.05) is 23.6 Å². The zero-order valence-electron chi connectivity index (χ0n) is 9.04. The summed E-state index contributed by atoms with van der Waals surface area (Å²) < 4.78 is 1.71. The second-order valence-corrected chi connectivity index (χ2v) is 3.82. The Hall–Kier alpha value is -2.37. The number of aryl methyl sites for hydroxylation is 1. The topological polar surface area (TPSA) is 76.7 Å². The van der Waals surface area contributed by atoms with E-state index in [1.807, 2.05) is 13.1 Å². The Labute approximate surface area is 96.1 Å². The number of hydrogen-bond donors (Lipinski definition) is 1. The van der Waals surface area contributed by atoms with Crippen LogP contribution < -0.4 is 0 Å². The summed E-state index contributed by atoms with van der Waals surface area (Å²) in [5.41, 5.74) is 2.24. The lowest BCUT2D eigenvalue weighted by Crippen LogP contribution is -2.21. The highest BCUT2D eigenvalue weighted by Crippen LogP contribution is 2.26. The molecule has 0 spiro atoms. The molecule has 0 unspecified atom stereocenters. The van der Waals surface area contributed by atoms with Gasteiger partial charge < -0.3 is 9.94 Å². The van der Waals surface area contributed by atoms with E-state index in [-0.39, 0.29) is 12.3 Å². The molecule has 1 aliphatic heterocycles. The summed E-state index contributed by atoms with van der Waals surface area (Å²) in [4.78, 5) is 16.0. The molecule has 0 atom stereocenters. The van der Waals surface area contributed by atoms with Gasteiger partial charge in [-0.3, -0.25) is 4.68 Å². The highest BCUT2D eigenvalue weighted by atomic mass is 16.6. The normalized spacial score (nSPS) is 14.1. The van der Waals surface area contributed by atoms with Gasteiger partial charge in [-0.15, -0.1) is 0 Å². The van der Waals surface area contributed by atoms with Crippen LogP contribution in [0.4, 0.5) is 0 Å². The zero-order valence-corrected chi connectivity index (χ0v) is 9.04. The smallest absolute Gasteiger partial charge is 0.358 e. The lowest BCUT2D eigenvalue weighted by molar-refractivity contribution is -0.129. The first-order valence-corrected chi connectivity index (χ1v) is 5.05. The van der Waals surface area contributed by atoms with E-state index < -0.39 is 5.97 Å². The number of fused-ring (bicyclic) bond motifs is 3. The minimum absolute atomic E-state index is 0.0608. The van der Waals surface area contributed by atoms with Gasteiger partial charge in [0.05, 0.1) is 11.7 Å². The van der Waals surface area contributed by atoms with Crippen molar-refractivity contribution in [1.29, 1.82) is 0 Å². The largest absolute Gasteiger partial charge is 0.476 e. The number of hydrogen-bond acceptors (Lipinski definition) is 4.